The largest absolute Gasteiger partial charge is 0.457 e. The molecule has 0 aliphatic heterocycles. The summed E-state index contributed by atoms with van der Waals surface area (Å²) in [7, 11) is 0. The Bertz CT molecular complexity index is 576. The highest BCUT2D eigenvalue weighted by Crippen LogP contribution is 2.26. The highest BCUT2D eigenvalue weighted by Gasteiger charge is 2.07. The molecular formula is C15H15NOS. The first kappa shape index (κ1) is 12.6. The summed E-state index contributed by atoms with van der Waals surface area (Å²) in [5.41, 5.74) is 8.76. The van der Waals surface area contributed by atoms with Gasteiger partial charge in [0.2, 0.25) is 0 Å². The van der Waals surface area contributed by atoms with Gasteiger partial charge in [0.05, 0.1) is 5.56 Å². The monoisotopic (exact) mass is 257 g/mol. The second kappa shape index (κ2) is 5.19. The Morgan fingerprint density at radius 1 is 1.00 bits per heavy atom. The van der Waals surface area contributed by atoms with Crippen molar-refractivity contribution in [3.05, 3.63) is 59.2 Å². The van der Waals surface area contributed by atoms with Crippen molar-refractivity contribution in [2.45, 2.75) is 13.8 Å². The van der Waals surface area contributed by atoms with E-state index < -0.39 is 0 Å². The molecule has 2 nitrogen and oxygen atoms in total. The van der Waals surface area contributed by atoms with Gasteiger partial charge in [-0.05, 0) is 43.7 Å². The maximum Gasteiger partial charge on any atom is 0.137 e. The van der Waals surface area contributed by atoms with Crippen molar-refractivity contribution < 1.29 is 4.74 Å². The third-order valence-electron chi connectivity index (χ3n) is 2.65. The molecule has 2 aromatic rings. The second-order valence-corrected chi connectivity index (χ2v) is 4.72. The van der Waals surface area contributed by atoms with Crippen LogP contribution in [-0.2, 0) is 0 Å². The summed E-state index contributed by atoms with van der Waals surface area (Å²) < 4.78 is 5.84. The average molecular weight is 257 g/mol. The van der Waals surface area contributed by atoms with Gasteiger partial charge in [-0.3, -0.25) is 0 Å². The molecule has 0 saturated carbocycles. The molecule has 0 fully saturated rings. The molecule has 0 unspecified atom stereocenters. The third-order valence-corrected chi connectivity index (χ3v) is 2.87. The highest BCUT2D eigenvalue weighted by molar-refractivity contribution is 7.80. The topological polar surface area (TPSA) is 35.2 Å². The quantitative estimate of drug-likeness (QED) is 0.851. The summed E-state index contributed by atoms with van der Waals surface area (Å²) in [6, 6.07) is 13.7. The molecule has 92 valence electrons. The predicted molar refractivity (Wildman–Crippen MR) is 78.3 cm³/mol. The molecule has 0 bridgehead atoms. The Balaban J connectivity index is 2.35. The Morgan fingerprint density at radius 2 is 1.61 bits per heavy atom. The van der Waals surface area contributed by atoms with Gasteiger partial charge >= 0.3 is 0 Å². The summed E-state index contributed by atoms with van der Waals surface area (Å²) >= 11 is 5.03. The molecule has 3 heteroatoms. The minimum Gasteiger partial charge on any atom is -0.457 e. The van der Waals surface area contributed by atoms with Gasteiger partial charge in [0.1, 0.15) is 16.5 Å². The molecule has 2 aromatic carbocycles. The summed E-state index contributed by atoms with van der Waals surface area (Å²) in [6.45, 7) is 4.04. The van der Waals surface area contributed by atoms with Crippen LogP contribution in [0, 0.1) is 13.8 Å². The summed E-state index contributed by atoms with van der Waals surface area (Å²) in [6.07, 6.45) is 0. The first-order valence-electron chi connectivity index (χ1n) is 5.71. The fourth-order valence-corrected chi connectivity index (χ4v) is 1.82. The number of aryl methyl sites for hydroxylation is 2. The van der Waals surface area contributed by atoms with E-state index in [1.54, 1.807) is 0 Å². The number of hydrogen-bond acceptors (Lipinski definition) is 2. The fourth-order valence-electron chi connectivity index (χ4n) is 1.65. The molecule has 0 radical (unpaired) electrons. The van der Waals surface area contributed by atoms with Crippen LogP contribution in [0.15, 0.2) is 42.5 Å². The lowest BCUT2D eigenvalue weighted by Gasteiger charge is -2.11. The minimum absolute atomic E-state index is 0.345. The van der Waals surface area contributed by atoms with Crippen LogP contribution in [0.2, 0.25) is 0 Å². The SMILES string of the molecule is Cc1ccc(Oc2cc(C)ccc2C(N)=S)cc1. The van der Waals surface area contributed by atoms with Crippen LogP contribution >= 0.6 is 12.2 Å². The molecular weight excluding hydrogens is 242 g/mol. The van der Waals surface area contributed by atoms with Crippen molar-refractivity contribution in [1.82, 2.24) is 0 Å². The van der Waals surface area contributed by atoms with E-state index in [2.05, 4.69) is 0 Å². The molecule has 0 aliphatic carbocycles. The molecule has 2 N–H and O–H groups in total. The van der Waals surface area contributed by atoms with Crippen molar-refractivity contribution in [2.24, 2.45) is 5.73 Å². The molecule has 0 saturated heterocycles. The summed E-state index contributed by atoms with van der Waals surface area (Å²) in [4.78, 5) is 0.345. The minimum atomic E-state index is 0.345. The molecule has 0 aliphatic rings. The van der Waals surface area contributed by atoms with E-state index in [9.17, 15) is 0 Å². The highest BCUT2D eigenvalue weighted by atomic mass is 32.1. The fraction of sp³-hybridized carbons (Fsp3) is 0.133. The van der Waals surface area contributed by atoms with Crippen molar-refractivity contribution >= 4 is 17.2 Å². The van der Waals surface area contributed by atoms with Crippen molar-refractivity contribution in [3.63, 3.8) is 0 Å². The first-order valence-corrected chi connectivity index (χ1v) is 6.12. The molecule has 0 atom stereocenters. The lowest BCUT2D eigenvalue weighted by atomic mass is 10.1. The Labute approximate surface area is 112 Å². The van der Waals surface area contributed by atoms with E-state index in [0.717, 1.165) is 16.9 Å². The number of benzene rings is 2. The second-order valence-electron chi connectivity index (χ2n) is 4.28. The van der Waals surface area contributed by atoms with Crippen LogP contribution in [0.25, 0.3) is 0 Å². The van der Waals surface area contributed by atoms with Crippen LogP contribution < -0.4 is 10.5 Å². The van der Waals surface area contributed by atoms with Crippen LogP contribution in [0.5, 0.6) is 11.5 Å². The van der Waals surface area contributed by atoms with Crippen molar-refractivity contribution in [3.8, 4) is 11.5 Å². The zero-order valence-electron chi connectivity index (χ0n) is 10.4. The Hall–Kier alpha value is -1.87. The zero-order chi connectivity index (χ0) is 13.1. The maximum atomic E-state index is 5.84. The van der Waals surface area contributed by atoms with E-state index >= 15 is 0 Å². The Morgan fingerprint density at radius 3 is 2.22 bits per heavy atom. The molecule has 18 heavy (non-hydrogen) atoms. The van der Waals surface area contributed by atoms with Crippen LogP contribution in [0.4, 0.5) is 0 Å². The van der Waals surface area contributed by atoms with Gasteiger partial charge in [-0.2, -0.15) is 0 Å². The number of hydrogen-bond donors (Lipinski definition) is 1. The summed E-state index contributed by atoms with van der Waals surface area (Å²) in [5.74, 6) is 1.48. The van der Waals surface area contributed by atoms with Crippen molar-refractivity contribution in [2.75, 3.05) is 0 Å². The van der Waals surface area contributed by atoms with E-state index in [1.807, 2.05) is 56.3 Å². The first-order chi connectivity index (χ1) is 8.56. The van der Waals surface area contributed by atoms with Gasteiger partial charge in [0, 0.05) is 0 Å². The number of nitrogens with two attached hydrogens (primary N) is 1. The molecule has 0 amide bonds. The maximum absolute atomic E-state index is 5.84. The predicted octanol–water partition coefficient (Wildman–Crippen LogP) is 3.73. The van der Waals surface area contributed by atoms with Gasteiger partial charge in [-0.25, -0.2) is 0 Å². The van der Waals surface area contributed by atoms with Crippen LogP contribution in [0.1, 0.15) is 16.7 Å². The summed E-state index contributed by atoms with van der Waals surface area (Å²) in [5, 5.41) is 0. The lowest BCUT2D eigenvalue weighted by molar-refractivity contribution is 0.481. The van der Waals surface area contributed by atoms with Gasteiger partial charge in [-0.15, -0.1) is 0 Å². The number of thiocarbonyl (C=S) groups is 1. The smallest absolute Gasteiger partial charge is 0.137 e. The van der Waals surface area contributed by atoms with Gasteiger partial charge in [0.15, 0.2) is 0 Å². The Kier molecular flexibility index (Phi) is 3.63. The van der Waals surface area contributed by atoms with Gasteiger partial charge in [0.25, 0.3) is 0 Å². The molecule has 2 rings (SSSR count). The van der Waals surface area contributed by atoms with Gasteiger partial charge in [-0.1, -0.05) is 36.0 Å². The molecule has 0 heterocycles. The lowest BCUT2D eigenvalue weighted by Crippen LogP contribution is -2.10. The van der Waals surface area contributed by atoms with E-state index in [-0.39, 0.29) is 0 Å². The molecule has 0 aromatic heterocycles. The van der Waals surface area contributed by atoms with Crippen molar-refractivity contribution in [1.29, 1.82) is 0 Å². The number of rotatable bonds is 3. The van der Waals surface area contributed by atoms with E-state index in [0.29, 0.717) is 10.7 Å². The average Bonchev–Trinajstić information content (AvgIpc) is 2.32. The normalized spacial score (nSPS) is 10.1. The zero-order valence-corrected chi connectivity index (χ0v) is 11.3. The van der Waals surface area contributed by atoms with Crippen LogP contribution in [0.3, 0.4) is 0 Å². The van der Waals surface area contributed by atoms with Crippen LogP contribution in [-0.4, -0.2) is 4.99 Å². The number of ether oxygens (including phenoxy) is 1. The van der Waals surface area contributed by atoms with E-state index in [1.165, 1.54) is 5.56 Å². The third kappa shape index (κ3) is 2.87. The van der Waals surface area contributed by atoms with E-state index in [4.69, 9.17) is 22.7 Å². The molecule has 0 spiro atoms. The standard InChI is InChI=1S/C15H15NOS/c1-10-3-6-12(7-4-10)17-14-9-11(2)5-8-13(14)15(16)18/h3-9H,1-2H3,(H2,16,18). The van der Waals surface area contributed by atoms with Gasteiger partial charge < -0.3 is 10.5 Å².